The summed E-state index contributed by atoms with van der Waals surface area (Å²) >= 11 is 6.03. The second kappa shape index (κ2) is 7.62. The summed E-state index contributed by atoms with van der Waals surface area (Å²) in [7, 11) is -1.80. The summed E-state index contributed by atoms with van der Waals surface area (Å²) in [6.45, 7) is 11.5. The van der Waals surface area contributed by atoms with E-state index in [1.807, 2.05) is 12.1 Å². The van der Waals surface area contributed by atoms with Gasteiger partial charge in [0.1, 0.15) is 6.07 Å². The summed E-state index contributed by atoms with van der Waals surface area (Å²) in [5, 5.41) is 9.46. The molecule has 0 saturated heterocycles. The minimum absolute atomic E-state index is 0. The van der Waals surface area contributed by atoms with Crippen LogP contribution < -0.4 is 5.73 Å². The van der Waals surface area contributed by atoms with Crippen LogP contribution in [-0.2, 0) is 4.43 Å². The molecule has 0 bridgehead atoms. The van der Waals surface area contributed by atoms with Crippen molar-refractivity contribution in [3.8, 4) is 6.07 Å². The monoisotopic (exact) mass is 346 g/mol. The predicted octanol–water partition coefficient (Wildman–Crippen LogP) is 4.66. The van der Waals surface area contributed by atoms with Gasteiger partial charge in [0, 0.05) is 0 Å². The molecule has 0 aromatic heterocycles. The first-order valence-corrected chi connectivity index (χ1v) is 9.96. The van der Waals surface area contributed by atoms with E-state index in [-0.39, 0.29) is 23.5 Å². The topological polar surface area (TPSA) is 59.0 Å². The SMILES string of the molecule is CC(C)(C)[Si](C)(C)OCC(N)c1ccc(C#N)c(Cl)c1.Cl. The molecule has 0 saturated carbocycles. The maximum absolute atomic E-state index is 8.86. The number of nitrogens with zero attached hydrogens (tertiary/aromatic N) is 1. The number of halogens is 2. The quantitative estimate of drug-likeness (QED) is 0.806. The average molecular weight is 347 g/mol. The third-order valence-corrected chi connectivity index (χ3v) is 8.79. The number of nitrogens with two attached hydrogens (primary N) is 1. The Bertz CT molecular complexity index is 521. The van der Waals surface area contributed by atoms with Gasteiger partial charge in [-0.2, -0.15) is 5.26 Å². The van der Waals surface area contributed by atoms with Crippen LogP contribution in [-0.4, -0.2) is 14.9 Å². The molecule has 118 valence electrons. The first kappa shape index (κ1) is 20.4. The number of nitriles is 1. The van der Waals surface area contributed by atoms with E-state index in [9.17, 15) is 0 Å². The molecule has 0 amide bonds. The third kappa shape index (κ3) is 5.28. The van der Waals surface area contributed by atoms with Crippen LogP contribution in [0.3, 0.4) is 0 Å². The van der Waals surface area contributed by atoms with Crippen LogP contribution in [0, 0.1) is 11.3 Å². The summed E-state index contributed by atoms with van der Waals surface area (Å²) in [6.07, 6.45) is 0. The predicted molar refractivity (Wildman–Crippen MR) is 93.5 cm³/mol. The van der Waals surface area contributed by atoms with E-state index < -0.39 is 8.32 Å². The molecule has 1 aromatic carbocycles. The maximum atomic E-state index is 8.86. The highest BCUT2D eigenvalue weighted by molar-refractivity contribution is 6.74. The molecule has 0 aliphatic rings. The lowest BCUT2D eigenvalue weighted by molar-refractivity contribution is 0.264. The Morgan fingerprint density at radius 2 is 1.95 bits per heavy atom. The van der Waals surface area contributed by atoms with Crippen molar-refractivity contribution < 1.29 is 4.43 Å². The molecule has 0 aliphatic carbocycles. The van der Waals surface area contributed by atoms with E-state index in [1.54, 1.807) is 12.1 Å². The molecule has 0 radical (unpaired) electrons. The fourth-order valence-electron chi connectivity index (χ4n) is 1.46. The van der Waals surface area contributed by atoms with Gasteiger partial charge >= 0.3 is 0 Å². The van der Waals surface area contributed by atoms with E-state index in [0.717, 1.165) is 5.56 Å². The van der Waals surface area contributed by atoms with E-state index >= 15 is 0 Å². The molecule has 1 rings (SSSR count). The molecular formula is C15H24Cl2N2OSi. The van der Waals surface area contributed by atoms with Gasteiger partial charge in [0.15, 0.2) is 8.32 Å². The van der Waals surface area contributed by atoms with Crippen molar-refractivity contribution in [1.82, 2.24) is 0 Å². The summed E-state index contributed by atoms with van der Waals surface area (Å²) < 4.78 is 6.11. The summed E-state index contributed by atoms with van der Waals surface area (Å²) in [5.41, 5.74) is 7.52. The molecule has 0 aliphatic heterocycles. The zero-order chi connectivity index (χ0) is 15.6. The number of rotatable bonds is 4. The van der Waals surface area contributed by atoms with Crippen molar-refractivity contribution in [2.45, 2.75) is 44.9 Å². The Morgan fingerprint density at radius 3 is 2.38 bits per heavy atom. The fraction of sp³-hybridized carbons (Fsp3) is 0.533. The Morgan fingerprint density at radius 1 is 1.38 bits per heavy atom. The number of hydrogen-bond donors (Lipinski definition) is 1. The third-order valence-electron chi connectivity index (χ3n) is 3.97. The molecule has 3 nitrogen and oxygen atoms in total. The van der Waals surface area contributed by atoms with Crippen molar-refractivity contribution in [2.24, 2.45) is 5.73 Å². The molecule has 0 spiro atoms. The van der Waals surface area contributed by atoms with Crippen molar-refractivity contribution in [3.05, 3.63) is 34.3 Å². The van der Waals surface area contributed by atoms with E-state index in [1.165, 1.54) is 0 Å². The van der Waals surface area contributed by atoms with Crippen LogP contribution in [0.25, 0.3) is 0 Å². The van der Waals surface area contributed by atoms with Gasteiger partial charge in [-0.25, -0.2) is 0 Å². The van der Waals surface area contributed by atoms with Gasteiger partial charge in [0.2, 0.25) is 0 Å². The zero-order valence-corrected chi connectivity index (χ0v) is 15.8. The minimum atomic E-state index is -1.80. The normalized spacial score (nSPS) is 13.2. The number of hydrogen-bond acceptors (Lipinski definition) is 3. The summed E-state index contributed by atoms with van der Waals surface area (Å²) in [5.74, 6) is 0. The van der Waals surface area contributed by atoms with Gasteiger partial charge in [0.05, 0.1) is 23.2 Å². The molecule has 1 unspecified atom stereocenters. The van der Waals surface area contributed by atoms with Gasteiger partial charge in [-0.3, -0.25) is 0 Å². The largest absolute Gasteiger partial charge is 0.415 e. The Balaban J connectivity index is 0.00000400. The highest BCUT2D eigenvalue weighted by Gasteiger charge is 2.37. The summed E-state index contributed by atoms with van der Waals surface area (Å²) in [6, 6.07) is 7.10. The smallest absolute Gasteiger partial charge is 0.192 e. The van der Waals surface area contributed by atoms with Gasteiger partial charge in [-0.05, 0) is 35.8 Å². The van der Waals surface area contributed by atoms with Gasteiger partial charge < -0.3 is 10.2 Å². The molecule has 21 heavy (non-hydrogen) atoms. The Labute approximate surface area is 140 Å². The second-order valence-corrected chi connectivity index (χ2v) is 11.7. The maximum Gasteiger partial charge on any atom is 0.192 e. The lowest BCUT2D eigenvalue weighted by atomic mass is 10.1. The fourth-order valence-corrected chi connectivity index (χ4v) is 2.72. The van der Waals surface area contributed by atoms with E-state index in [2.05, 4.69) is 33.9 Å². The lowest BCUT2D eigenvalue weighted by Crippen LogP contribution is -2.42. The van der Waals surface area contributed by atoms with Crippen LogP contribution in [0.15, 0.2) is 18.2 Å². The van der Waals surface area contributed by atoms with Crippen LogP contribution in [0.4, 0.5) is 0 Å². The Kier molecular flexibility index (Phi) is 7.41. The first-order valence-electron chi connectivity index (χ1n) is 6.67. The van der Waals surface area contributed by atoms with Crippen LogP contribution in [0.5, 0.6) is 0 Å². The van der Waals surface area contributed by atoms with Crippen LogP contribution in [0.1, 0.15) is 37.9 Å². The van der Waals surface area contributed by atoms with Crippen molar-refractivity contribution in [2.75, 3.05) is 6.61 Å². The molecule has 6 heteroatoms. The minimum Gasteiger partial charge on any atom is -0.415 e. The van der Waals surface area contributed by atoms with Gasteiger partial charge in [-0.15, -0.1) is 12.4 Å². The standard InChI is InChI=1S/C15H23ClN2OSi.ClH/c1-15(2,3)20(4,5)19-10-14(18)11-6-7-12(9-17)13(16)8-11;/h6-8,14H,10,18H2,1-5H3;1H. The molecule has 0 heterocycles. The highest BCUT2D eigenvalue weighted by Crippen LogP contribution is 2.37. The summed E-state index contributed by atoms with van der Waals surface area (Å²) in [4.78, 5) is 0. The van der Waals surface area contributed by atoms with Crippen LogP contribution in [0.2, 0.25) is 23.2 Å². The van der Waals surface area contributed by atoms with E-state index in [0.29, 0.717) is 17.2 Å². The Hall–Kier alpha value is -0.573. The van der Waals surface area contributed by atoms with Crippen molar-refractivity contribution in [3.63, 3.8) is 0 Å². The molecule has 2 N–H and O–H groups in total. The molecule has 0 fully saturated rings. The highest BCUT2D eigenvalue weighted by atomic mass is 35.5. The second-order valence-electron chi connectivity index (χ2n) is 6.53. The molecular weight excluding hydrogens is 323 g/mol. The molecule has 1 aromatic rings. The first-order chi connectivity index (χ1) is 9.08. The van der Waals surface area contributed by atoms with Crippen molar-refractivity contribution in [1.29, 1.82) is 5.26 Å². The van der Waals surface area contributed by atoms with Crippen LogP contribution >= 0.6 is 24.0 Å². The van der Waals surface area contributed by atoms with Gasteiger partial charge in [0.25, 0.3) is 0 Å². The van der Waals surface area contributed by atoms with Crippen molar-refractivity contribution >= 4 is 32.3 Å². The number of benzene rings is 1. The zero-order valence-electron chi connectivity index (χ0n) is 13.2. The molecule has 1 atom stereocenters. The lowest BCUT2D eigenvalue weighted by Gasteiger charge is -2.37. The van der Waals surface area contributed by atoms with Gasteiger partial charge in [-0.1, -0.05) is 38.4 Å². The van der Waals surface area contributed by atoms with E-state index in [4.69, 9.17) is 27.0 Å². The average Bonchev–Trinajstić information content (AvgIpc) is 2.34.